The average molecular weight is 227 g/mol. The quantitative estimate of drug-likeness (QED) is 0.479. The number of hydrogen-bond acceptors (Lipinski definition) is 5. The highest BCUT2D eigenvalue weighted by atomic mass is 16.3. The van der Waals surface area contributed by atoms with Gasteiger partial charge < -0.3 is 10.8 Å². The fraction of sp³-hybridized carbons (Fsp3) is 0. The molecule has 6 nitrogen and oxygen atoms in total. The molecular formula is C11H9N5O. The van der Waals surface area contributed by atoms with Gasteiger partial charge in [-0.2, -0.15) is 0 Å². The predicted octanol–water partition coefficient (Wildman–Crippen LogP) is 1.08. The van der Waals surface area contributed by atoms with E-state index in [4.69, 9.17) is 5.73 Å². The number of fused-ring (bicyclic) bond motifs is 1. The minimum absolute atomic E-state index is 0.0307. The summed E-state index contributed by atoms with van der Waals surface area (Å²) in [4.78, 5) is 4.07. The Balaban J connectivity index is 2.24. The molecule has 2 aromatic heterocycles. The van der Waals surface area contributed by atoms with Crippen LogP contribution in [-0.4, -0.2) is 24.7 Å². The number of rotatable bonds is 1. The van der Waals surface area contributed by atoms with Crippen LogP contribution in [0.3, 0.4) is 0 Å². The fourth-order valence-electron chi connectivity index (χ4n) is 1.62. The molecule has 1 aromatic carbocycles. The summed E-state index contributed by atoms with van der Waals surface area (Å²) in [7, 11) is 0. The Morgan fingerprint density at radius 3 is 2.94 bits per heavy atom. The van der Waals surface area contributed by atoms with Crippen LogP contribution in [0.5, 0.6) is 5.75 Å². The normalized spacial score (nSPS) is 10.8. The van der Waals surface area contributed by atoms with Crippen molar-refractivity contribution in [1.82, 2.24) is 19.6 Å². The van der Waals surface area contributed by atoms with Crippen molar-refractivity contribution in [2.45, 2.75) is 0 Å². The zero-order valence-electron chi connectivity index (χ0n) is 8.78. The maximum Gasteiger partial charge on any atom is 0.255 e. The molecule has 3 N–H and O–H groups in total. The second kappa shape index (κ2) is 3.44. The zero-order valence-corrected chi connectivity index (χ0v) is 8.78. The summed E-state index contributed by atoms with van der Waals surface area (Å²) in [5.41, 5.74) is 6.62. The lowest BCUT2D eigenvalue weighted by Crippen LogP contribution is -1.91. The number of phenols is 1. The number of aromatic hydroxyl groups is 1. The summed E-state index contributed by atoms with van der Waals surface area (Å²) in [5, 5.41) is 17.5. The van der Waals surface area contributed by atoms with Crippen molar-refractivity contribution in [2.75, 3.05) is 5.73 Å². The third kappa shape index (κ3) is 1.46. The van der Waals surface area contributed by atoms with Gasteiger partial charge in [-0.1, -0.05) is 0 Å². The molecule has 0 bridgehead atoms. The van der Waals surface area contributed by atoms with Gasteiger partial charge in [0.25, 0.3) is 5.78 Å². The van der Waals surface area contributed by atoms with Crippen molar-refractivity contribution >= 4 is 11.5 Å². The highest BCUT2D eigenvalue weighted by Crippen LogP contribution is 2.26. The zero-order chi connectivity index (χ0) is 11.8. The Kier molecular flexibility index (Phi) is 1.94. The minimum Gasteiger partial charge on any atom is -0.506 e. The first-order chi connectivity index (χ1) is 8.25. The summed E-state index contributed by atoms with van der Waals surface area (Å²) in [6.07, 6.45) is 3.46. The van der Waals surface area contributed by atoms with E-state index < -0.39 is 0 Å². The molecule has 3 rings (SSSR count). The van der Waals surface area contributed by atoms with E-state index in [1.807, 2.05) is 6.20 Å². The van der Waals surface area contributed by atoms with Crippen molar-refractivity contribution in [1.29, 1.82) is 0 Å². The second-order valence-electron chi connectivity index (χ2n) is 3.59. The molecule has 0 fully saturated rings. The Morgan fingerprint density at radius 1 is 1.24 bits per heavy atom. The number of aromatic nitrogens is 4. The molecule has 0 aliphatic rings. The lowest BCUT2D eigenvalue weighted by molar-refractivity contribution is 0.478. The van der Waals surface area contributed by atoms with Crippen molar-refractivity contribution < 1.29 is 5.11 Å². The highest BCUT2D eigenvalue weighted by molar-refractivity contribution is 5.66. The molecule has 0 amide bonds. The number of phenolic OH excluding ortho intramolecular Hbond substituents is 1. The SMILES string of the molecule is Nc1ccc(-c2nnc3ncccn23)cc1O. The van der Waals surface area contributed by atoms with Crippen LogP contribution in [0.1, 0.15) is 0 Å². The number of nitrogen functional groups attached to an aromatic ring is 1. The van der Waals surface area contributed by atoms with Crippen LogP contribution in [0.4, 0.5) is 5.69 Å². The van der Waals surface area contributed by atoms with Gasteiger partial charge in [-0.3, -0.25) is 4.40 Å². The van der Waals surface area contributed by atoms with Crippen LogP contribution in [0.15, 0.2) is 36.7 Å². The largest absolute Gasteiger partial charge is 0.506 e. The summed E-state index contributed by atoms with van der Waals surface area (Å²) in [5.74, 6) is 1.16. The molecule has 2 heterocycles. The summed E-state index contributed by atoms with van der Waals surface area (Å²) in [6.45, 7) is 0. The molecule has 0 saturated carbocycles. The molecule has 0 spiro atoms. The first-order valence-corrected chi connectivity index (χ1v) is 5.00. The summed E-state index contributed by atoms with van der Waals surface area (Å²) < 4.78 is 1.74. The van der Waals surface area contributed by atoms with E-state index in [1.54, 1.807) is 34.9 Å². The summed E-state index contributed by atoms with van der Waals surface area (Å²) in [6, 6.07) is 6.75. The number of nitrogens with two attached hydrogens (primary N) is 1. The maximum absolute atomic E-state index is 9.57. The lowest BCUT2D eigenvalue weighted by Gasteiger charge is -2.02. The molecule has 0 aliphatic carbocycles. The Labute approximate surface area is 96.4 Å². The molecule has 17 heavy (non-hydrogen) atoms. The fourth-order valence-corrected chi connectivity index (χ4v) is 1.62. The number of anilines is 1. The summed E-state index contributed by atoms with van der Waals surface area (Å²) >= 11 is 0. The van der Waals surface area contributed by atoms with E-state index in [0.717, 1.165) is 5.56 Å². The van der Waals surface area contributed by atoms with Gasteiger partial charge in [0.15, 0.2) is 5.82 Å². The Morgan fingerprint density at radius 2 is 2.12 bits per heavy atom. The second-order valence-corrected chi connectivity index (χ2v) is 3.59. The molecule has 3 aromatic rings. The van der Waals surface area contributed by atoms with Crippen molar-refractivity contribution in [3.63, 3.8) is 0 Å². The molecule has 84 valence electrons. The monoisotopic (exact) mass is 227 g/mol. The smallest absolute Gasteiger partial charge is 0.255 e. The molecule has 0 saturated heterocycles. The van der Waals surface area contributed by atoms with Crippen LogP contribution in [0.2, 0.25) is 0 Å². The van der Waals surface area contributed by atoms with E-state index in [2.05, 4.69) is 15.2 Å². The molecule has 6 heteroatoms. The lowest BCUT2D eigenvalue weighted by atomic mass is 10.2. The van der Waals surface area contributed by atoms with Crippen LogP contribution in [0.25, 0.3) is 17.2 Å². The van der Waals surface area contributed by atoms with Gasteiger partial charge in [0, 0.05) is 18.0 Å². The number of nitrogens with zero attached hydrogens (tertiary/aromatic N) is 4. The van der Waals surface area contributed by atoms with Crippen LogP contribution in [0, 0.1) is 0 Å². The van der Waals surface area contributed by atoms with E-state index in [9.17, 15) is 5.11 Å². The van der Waals surface area contributed by atoms with Crippen LogP contribution < -0.4 is 5.73 Å². The Bertz CT molecular complexity index is 691. The number of hydrogen-bond donors (Lipinski definition) is 2. The van der Waals surface area contributed by atoms with Crippen LogP contribution in [-0.2, 0) is 0 Å². The highest BCUT2D eigenvalue weighted by Gasteiger charge is 2.09. The average Bonchev–Trinajstić information content (AvgIpc) is 2.76. The van der Waals surface area contributed by atoms with Gasteiger partial charge in [0.2, 0.25) is 0 Å². The topological polar surface area (TPSA) is 89.3 Å². The standard InChI is InChI=1S/C11H9N5O/c12-8-3-2-7(6-9(8)17)10-14-15-11-13-4-1-5-16(10)11/h1-6,17H,12H2. The predicted molar refractivity (Wildman–Crippen MR) is 62.3 cm³/mol. The first kappa shape index (κ1) is 9.59. The van der Waals surface area contributed by atoms with E-state index in [-0.39, 0.29) is 5.75 Å². The van der Waals surface area contributed by atoms with Gasteiger partial charge in [-0.15, -0.1) is 10.2 Å². The van der Waals surface area contributed by atoms with E-state index in [0.29, 0.717) is 17.3 Å². The molecular weight excluding hydrogens is 218 g/mol. The third-order valence-corrected chi connectivity index (χ3v) is 2.48. The maximum atomic E-state index is 9.57. The van der Waals surface area contributed by atoms with Crippen molar-refractivity contribution in [3.8, 4) is 17.1 Å². The first-order valence-electron chi connectivity index (χ1n) is 5.00. The molecule has 0 unspecified atom stereocenters. The minimum atomic E-state index is 0.0307. The van der Waals surface area contributed by atoms with Gasteiger partial charge in [0.05, 0.1) is 5.69 Å². The van der Waals surface area contributed by atoms with Gasteiger partial charge in [-0.05, 0) is 24.3 Å². The Hall–Kier alpha value is -2.63. The molecule has 0 atom stereocenters. The van der Waals surface area contributed by atoms with Crippen molar-refractivity contribution in [2.24, 2.45) is 0 Å². The van der Waals surface area contributed by atoms with Crippen LogP contribution >= 0.6 is 0 Å². The van der Waals surface area contributed by atoms with Crippen molar-refractivity contribution in [3.05, 3.63) is 36.7 Å². The molecule has 0 radical (unpaired) electrons. The third-order valence-electron chi connectivity index (χ3n) is 2.48. The van der Waals surface area contributed by atoms with E-state index >= 15 is 0 Å². The number of benzene rings is 1. The van der Waals surface area contributed by atoms with E-state index in [1.165, 1.54) is 0 Å². The van der Waals surface area contributed by atoms with Gasteiger partial charge in [0.1, 0.15) is 5.75 Å². The van der Waals surface area contributed by atoms with Gasteiger partial charge >= 0.3 is 0 Å². The molecule has 0 aliphatic heterocycles. The van der Waals surface area contributed by atoms with Gasteiger partial charge in [-0.25, -0.2) is 4.98 Å².